The lowest BCUT2D eigenvalue weighted by Gasteiger charge is -2.27. The molecule has 0 amide bonds. The van der Waals surface area contributed by atoms with Crippen LogP contribution < -0.4 is 9.64 Å². The molecule has 244 valence electrons. The van der Waals surface area contributed by atoms with E-state index in [1.165, 1.54) is 49.5 Å². The van der Waals surface area contributed by atoms with E-state index in [1.807, 2.05) is 6.07 Å². The van der Waals surface area contributed by atoms with Crippen LogP contribution in [-0.4, -0.2) is 0 Å². The summed E-state index contributed by atoms with van der Waals surface area (Å²) in [6.07, 6.45) is 0. The van der Waals surface area contributed by atoms with Gasteiger partial charge in [-0.25, -0.2) is 0 Å². The Morgan fingerprint density at radius 1 is 0.308 bits per heavy atom. The Morgan fingerprint density at radius 3 is 1.75 bits per heavy atom. The largest absolute Gasteiger partial charge is 0.456 e. The first kappa shape index (κ1) is 30.0. The average molecular weight is 664 g/mol. The predicted molar refractivity (Wildman–Crippen MR) is 218 cm³/mol. The van der Waals surface area contributed by atoms with Gasteiger partial charge in [-0.15, -0.1) is 0 Å². The van der Waals surface area contributed by atoms with Crippen LogP contribution in [0.25, 0.3) is 66.1 Å². The Hall–Kier alpha value is -6.90. The smallest absolute Gasteiger partial charge is 0.135 e. The number of hydrogen-bond donors (Lipinski definition) is 0. The van der Waals surface area contributed by atoms with Crippen molar-refractivity contribution in [3.63, 3.8) is 0 Å². The van der Waals surface area contributed by atoms with Crippen molar-refractivity contribution < 1.29 is 4.74 Å². The van der Waals surface area contributed by atoms with Gasteiger partial charge in [0.15, 0.2) is 0 Å². The van der Waals surface area contributed by atoms with Crippen LogP contribution in [0, 0.1) is 0 Å². The van der Waals surface area contributed by atoms with Crippen LogP contribution in [0.4, 0.5) is 17.1 Å². The van der Waals surface area contributed by atoms with Gasteiger partial charge in [-0.1, -0.05) is 140 Å². The minimum absolute atomic E-state index is 0.894. The number of anilines is 3. The molecule has 0 bridgehead atoms. The molecule has 52 heavy (non-hydrogen) atoms. The van der Waals surface area contributed by atoms with Crippen molar-refractivity contribution >= 4 is 38.6 Å². The third kappa shape index (κ3) is 5.21. The fourth-order valence-corrected chi connectivity index (χ4v) is 7.73. The third-order valence-corrected chi connectivity index (χ3v) is 10.2. The number of fused-ring (bicyclic) bond motifs is 3. The van der Waals surface area contributed by atoms with Gasteiger partial charge >= 0.3 is 0 Å². The van der Waals surface area contributed by atoms with Gasteiger partial charge in [0.2, 0.25) is 0 Å². The maximum absolute atomic E-state index is 6.33. The lowest BCUT2D eigenvalue weighted by molar-refractivity contribution is 0.487. The van der Waals surface area contributed by atoms with Crippen LogP contribution >= 0.6 is 0 Å². The van der Waals surface area contributed by atoms with Gasteiger partial charge in [0.05, 0.1) is 0 Å². The summed E-state index contributed by atoms with van der Waals surface area (Å²) < 4.78 is 6.33. The molecule has 1 aliphatic rings. The van der Waals surface area contributed by atoms with Crippen LogP contribution in [-0.2, 0) is 0 Å². The summed E-state index contributed by atoms with van der Waals surface area (Å²) in [7, 11) is 0. The molecule has 0 saturated heterocycles. The molecule has 2 heteroatoms. The summed E-state index contributed by atoms with van der Waals surface area (Å²) in [5.74, 6) is 1.80. The van der Waals surface area contributed by atoms with Gasteiger partial charge in [-0.05, 0) is 116 Å². The number of nitrogens with zero attached hydrogens (tertiary/aromatic N) is 1. The molecule has 0 aromatic heterocycles. The predicted octanol–water partition coefficient (Wildman–Crippen LogP) is 14.2. The molecule has 0 spiro atoms. The fraction of sp³-hybridized carbons (Fsp3) is 0. The molecule has 0 radical (unpaired) electrons. The van der Waals surface area contributed by atoms with Crippen molar-refractivity contribution in [2.45, 2.75) is 0 Å². The number of hydrogen-bond acceptors (Lipinski definition) is 2. The van der Waals surface area contributed by atoms with Crippen molar-refractivity contribution in [1.82, 2.24) is 0 Å². The van der Waals surface area contributed by atoms with E-state index >= 15 is 0 Å². The molecule has 1 heterocycles. The zero-order valence-corrected chi connectivity index (χ0v) is 28.4. The molecule has 0 aliphatic carbocycles. The highest BCUT2D eigenvalue weighted by Gasteiger charge is 2.21. The van der Waals surface area contributed by atoms with E-state index in [9.17, 15) is 0 Å². The van der Waals surface area contributed by atoms with Gasteiger partial charge in [0.25, 0.3) is 0 Å². The number of benzene rings is 9. The summed E-state index contributed by atoms with van der Waals surface area (Å²) in [6.45, 7) is 0. The van der Waals surface area contributed by atoms with E-state index in [0.29, 0.717) is 0 Å². The molecular formula is C50H33NO. The first-order chi connectivity index (χ1) is 25.8. The van der Waals surface area contributed by atoms with Gasteiger partial charge in [0, 0.05) is 28.0 Å². The molecule has 0 atom stereocenters. The first-order valence-corrected chi connectivity index (χ1v) is 17.8. The summed E-state index contributed by atoms with van der Waals surface area (Å²) >= 11 is 0. The van der Waals surface area contributed by atoms with E-state index in [1.54, 1.807) is 0 Å². The van der Waals surface area contributed by atoms with Gasteiger partial charge in [-0.2, -0.15) is 0 Å². The maximum atomic E-state index is 6.33. The summed E-state index contributed by atoms with van der Waals surface area (Å²) in [5.41, 5.74) is 12.8. The highest BCUT2D eigenvalue weighted by molar-refractivity contribution is 6.06. The molecule has 2 nitrogen and oxygen atoms in total. The maximum Gasteiger partial charge on any atom is 0.135 e. The van der Waals surface area contributed by atoms with Crippen molar-refractivity contribution in [2.75, 3.05) is 4.90 Å². The monoisotopic (exact) mass is 663 g/mol. The van der Waals surface area contributed by atoms with Gasteiger partial charge in [-0.3, -0.25) is 0 Å². The Morgan fingerprint density at radius 2 is 0.904 bits per heavy atom. The Kier molecular flexibility index (Phi) is 7.18. The van der Waals surface area contributed by atoms with Crippen LogP contribution in [0.3, 0.4) is 0 Å². The topological polar surface area (TPSA) is 12.5 Å². The highest BCUT2D eigenvalue weighted by Crippen LogP contribution is 2.48. The lowest BCUT2D eigenvalue weighted by atomic mass is 9.90. The second kappa shape index (κ2) is 12.5. The highest BCUT2D eigenvalue weighted by atomic mass is 16.5. The molecule has 0 N–H and O–H groups in total. The van der Waals surface area contributed by atoms with Crippen molar-refractivity contribution in [3.05, 3.63) is 200 Å². The van der Waals surface area contributed by atoms with Crippen molar-refractivity contribution in [2.24, 2.45) is 0 Å². The Labute approximate surface area is 303 Å². The van der Waals surface area contributed by atoms with E-state index in [2.05, 4.69) is 199 Å². The lowest BCUT2D eigenvalue weighted by Crippen LogP contribution is -2.10. The third-order valence-electron chi connectivity index (χ3n) is 10.2. The van der Waals surface area contributed by atoms with Crippen LogP contribution in [0.2, 0.25) is 0 Å². The van der Waals surface area contributed by atoms with Gasteiger partial charge < -0.3 is 9.64 Å². The molecule has 9 aromatic rings. The van der Waals surface area contributed by atoms with Crippen LogP contribution in [0.1, 0.15) is 0 Å². The fourth-order valence-electron chi connectivity index (χ4n) is 7.73. The molecule has 1 aliphatic heterocycles. The van der Waals surface area contributed by atoms with Crippen LogP contribution in [0.5, 0.6) is 11.5 Å². The van der Waals surface area contributed by atoms with E-state index < -0.39 is 0 Å². The number of para-hydroxylation sites is 1. The minimum Gasteiger partial charge on any atom is -0.456 e. The summed E-state index contributed by atoms with van der Waals surface area (Å²) in [5, 5.41) is 4.83. The Balaban J connectivity index is 1.10. The zero-order chi connectivity index (χ0) is 34.4. The number of ether oxygens (including phenoxy) is 1. The van der Waals surface area contributed by atoms with E-state index in [4.69, 9.17) is 4.74 Å². The SMILES string of the molecule is c1ccc(-c2ccc(N(c3ccc(-c4cccc5ccccc45)cc3)c3cccc(-c4cc5c6c(cccc6c4)Oc4ccccc4-5)c3)cc2)cc1. The summed E-state index contributed by atoms with van der Waals surface area (Å²) in [6, 6.07) is 71.7. The first-order valence-electron chi connectivity index (χ1n) is 17.8. The molecule has 9 aromatic carbocycles. The van der Waals surface area contributed by atoms with Crippen molar-refractivity contribution in [1.29, 1.82) is 0 Å². The number of rotatable bonds is 6. The van der Waals surface area contributed by atoms with Gasteiger partial charge in [0.1, 0.15) is 11.5 Å². The molecule has 10 rings (SSSR count). The minimum atomic E-state index is 0.894. The standard InChI is InChI=1S/C50H33NO/c1-2-11-34(12-3-1)35-23-27-41(28-24-35)51(42-29-25-37(26-30-42)45-20-9-14-36-13-4-5-18-44(36)45)43-17-8-15-38(32-43)40-31-39-16-10-22-49-50(39)47(33-40)46-19-6-7-21-48(46)52-49/h1-33H. The quantitative estimate of drug-likeness (QED) is 0.176. The molecule has 0 unspecified atom stereocenters. The van der Waals surface area contributed by atoms with E-state index in [0.717, 1.165) is 45.1 Å². The summed E-state index contributed by atoms with van der Waals surface area (Å²) in [4.78, 5) is 2.36. The van der Waals surface area contributed by atoms with Crippen LogP contribution in [0.15, 0.2) is 200 Å². The Bertz CT molecular complexity index is 2740. The van der Waals surface area contributed by atoms with Crippen molar-refractivity contribution in [3.8, 4) is 56.0 Å². The second-order valence-corrected chi connectivity index (χ2v) is 13.3. The second-order valence-electron chi connectivity index (χ2n) is 13.3. The normalized spacial score (nSPS) is 11.6. The zero-order valence-electron chi connectivity index (χ0n) is 28.4. The molecule has 0 fully saturated rings. The van der Waals surface area contributed by atoms with E-state index in [-0.39, 0.29) is 0 Å². The molecular weight excluding hydrogens is 631 g/mol. The molecule has 0 saturated carbocycles. The average Bonchev–Trinajstić information content (AvgIpc) is 3.22.